The van der Waals surface area contributed by atoms with Crippen LogP contribution in [0.3, 0.4) is 0 Å². The SMILES string of the molecule is CCC(C)c1ccc(N2[B]CCO2)c(C)c1. The summed E-state index contributed by atoms with van der Waals surface area (Å²) in [7, 11) is 2.10. The molecule has 1 heterocycles. The Bertz CT molecular complexity index is 361. The van der Waals surface area contributed by atoms with Crippen LogP contribution in [0.4, 0.5) is 5.69 Å². The van der Waals surface area contributed by atoms with Crippen molar-refractivity contribution in [2.24, 2.45) is 0 Å². The van der Waals surface area contributed by atoms with Crippen molar-refractivity contribution < 1.29 is 4.84 Å². The van der Waals surface area contributed by atoms with E-state index in [4.69, 9.17) is 4.84 Å². The number of benzene rings is 1. The molecule has 1 fully saturated rings. The summed E-state index contributed by atoms with van der Waals surface area (Å²) < 4.78 is 0. The number of hydrogen-bond donors (Lipinski definition) is 0. The van der Waals surface area contributed by atoms with Gasteiger partial charge in [-0.2, -0.15) is 0 Å². The third-order valence-electron chi connectivity index (χ3n) is 3.28. The van der Waals surface area contributed by atoms with E-state index in [0.717, 1.165) is 12.9 Å². The fourth-order valence-corrected chi connectivity index (χ4v) is 2.01. The summed E-state index contributed by atoms with van der Waals surface area (Å²) in [5.41, 5.74) is 3.88. The van der Waals surface area contributed by atoms with E-state index in [9.17, 15) is 0 Å². The van der Waals surface area contributed by atoms with E-state index in [1.807, 2.05) is 4.97 Å². The predicted molar refractivity (Wildman–Crippen MR) is 68.9 cm³/mol. The molecule has 1 saturated heterocycles. The minimum atomic E-state index is 0.635. The zero-order valence-corrected chi connectivity index (χ0v) is 10.4. The van der Waals surface area contributed by atoms with Gasteiger partial charge in [-0.3, -0.25) is 4.84 Å². The van der Waals surface area contributed by atoms with Gasteiger partial charge in [0.05, 0.1) is 12.3 Å². The van der Waals surface area contributed by atoms with Crippen molar-refractivity contribution in [3.05, 3.63) is 29.3 Å². The molecular formula is C13H19BNO. The molecule has 1 radical (unpaired) electrons. The molecule has 1 aliphatic rings. The topological polar surface area (TPSA) is 12.5 Å². The van der Waals surface area contributed by atoms with Crippen molar-refractivity contribution in [3.8, 4) is 0 Å². The number of hydrogen-bond acceptors (Lipinski definition) is 2. The smallest absolute Gasteiger partial charge is 0.288 e. The molecule has 2 rings (SSSR count). The maximum absolute atomic E-state index is 5.52. The molecular weight excluding hydrogens is 197 g/mol. The third kappa shape index (κ3) is 2.24. The molecule has 0 amide bonds. The van der Waals surface area contributed by atoms with Gasteiger partial charge in [-0.1, -0.05) is 26.0 Å². The second-order valence-corrected chi connectivity index (χ2v) is 4.49. The number of rotatable bonds is 3. The minimum Gasteiger partial charge on any atom is -0.306 e. The number of anilines is 1. The Hall–Kier alpha value is -0.955. The highest BCUT2D eigenvalue weighted by Gasteiger charge is 2.17. The van der Waals surface area contributed by atoms with Gasteiger partial charge in [-0.25, -0.2) is 0 Å². The van der Waals surface area contributed by atoms with Crippen LogP contribution in [0.2, 0.25) is 6.32 Å². The predicted octanol–water partition coefficient (Wildman–Crippen LogP) is 3.30. The van der Waals surface area contributed by atoms with Gasteiger partial charge in [0.25, 0.3) is 7.41 Å². The summed E-state index contributed by atoms with van der Waals surface area (Å²) in [5, 5.41) is 0. The molecule has 1 unspecified atom stereocenters. The van der Waals surface area contributed by atoms with Crippen LogP contribution < -0.4 is 4.97 Å². The van der Waals surface area contributed by atoms with E-state index < -0.39 is 0 Å². The molecule has 0 spiro atoms. The summed E-state index contributed by atoms with van der Waals surface area (Å²) in [6.07, 6.45) is 2.19. The first-order chi connectivity index (χ1) is 7.72. The van der Waals surface area contributed by atoms with Crippen molar-refractivity contribution in [3.63, 3.8) is 0 Å². The van der Waals surface area contributed by atoms with Gasteiger partial charge >= 0.3 is 0 Å². The van der Waals surface area contributed by atoms with Gasteiger partial charge < -0.3 is 4.97 Å². The van der Waals surface area contributed by atoms with E-state index >= 15 is 0 Å². The fourth-order valence-electron chi connectivity index (χ4n) is 2.01. The molecule has 0 N–H and O–H groups in total. The van der Waals surface area contributed by atoms with Crippen LogP contribution in [-0.4, -0.2) is 14.0 Å². The molecule has 0 aliphatic carbocycles. The van der Waals surface area contributed by atoms with E-state index in [1.165, 1.54) is 23.2 Å². The number of aryl methyl sites for hydroxylation is 1. The molecule has 0 bridgehead atoms. The van der Waals surface area contributed by atoms with Gasteiger partial charge in [-0.05, 0) is 42.8 Å². The standard InChI is InChI=1S/C13H19BNO/c1-4-10(2)12-5-6-13(11(3)9-12)15-14-7-8-16-15/h5-6,9-10H,4,7-8H2,1-3H3. The Morgan fingerprint density at radius 1 is 1.50 bits per heavy atom. The fraction of sp³-hybridized carbons (Fsp3) is 0.538. The summed E-state index contributed by atoms with van der Waals surface area (Å²) >= 11 is 0. The van der Waals surface area contributed by atoms with Gasteiger partial charge in [-0.15, -0.1) is 0 Å². The quantitative estimate of drug-likeness (QED) is 0.718. The van der Waals surface area contributed by atoms with E-state index in [0.29, 0.717) is 5.92 Å². The van der Waals surface area contributed by atoms with E-state index in [-0.39, 0.29) is 0 Å². The highest BCUT2D eigenvalue weighted by molar-refractivity contribution is 6.41. The van der Waals surface area contributed by atoms with Crippen molar-refractivity contribution in [1.82, 2.24) is 0 Å². The van der Waals surface area contributed by atoms with Crippen LogP contribution in [0.5, 0.6) is 0 Å². The molecule has 1 aliphatic heterocycles. The maximum atomic E-state index is 5.52. The maximum Gasteiger partial charge on any atom is 0.288 e. The highest BCUT2D eigenvalue weighted by Crippen LogP contribution is 2.27. The zero-order chi connectivity index (χ0) is 11.5. The number of nitrogens with zero attached hydrogens (tertiary/aromatic N) is 1. The lowest BCUT2D eigenvalue weighted by Crippen LogP contribution is -2.20. The lowest BCUT2D eigenvalue weighted by Gasteiger charge is -2.20. The van der Waals surface area contributed by atoms with Gasteiger partial charge in [0.15, 0.2) is 0 Å². The highest BCUT2D eigenvalue weighted by atomic mass is 16.7. The largest absolute Gasteiger partial charge is 0.306 e. The first-order valence-electron chi connectivity index (χ1n) is 6.08. The average Bonchev–Trinajstić information content (AvgIpc) is 2.81. The van der Waals surface area contributed by atoms with Gasteiger partial charge in [0.2, 0.25) is 0 Å². The minimum absolute atomic E-state index is 0.635. The summed E-state index contributed by atoms with van der Waals surface area (Å²) in [6.45, 7) is 7.45. The van der Waals surface area contributed by atoms with Crippen LogP contribution in [-0.2, 0) is 4.84 Å². The van der Waals surface area contributed by atoms with Crippen LogP contribution in [0.15, 0.2) is 18.2 Å². The van der Waals surface area contributed by atoms with Crippen LogP contribution >= 0.6 is 0 Å². The Morgan fingerprint density at radius 3 is 2.88 bits per heavy atom. The third-order valence-corrected chi connectivity index (χ3v) is 3.28. The summed E-state index contributed by atoms with van der Waals surface area (Å²) in [4.78, 5) is 7.42. The lowest BCUT2D eigenvalue weighted by atomic mass is 9.89. The van der Waals surface area contributed by atoms with Gasteiger partial charge in [0.1, 0.15) is 0 Å². The van der Waals surface area contributed by atoms with Crippen LogP contribution in [0, 0.1) is 6.92 Å². The first kappa shape index (κ1) is 11.5. The normalized spacial score (nSPS) is 17.3. The summed E-state index contributed by atoms with van der Waals surface area (Å²) in [5.74, 6) is 0.635. The van der Waals surface area contributed by atoms with Crippen molar-refractivity contribution in [2.45, 2.75) is 39.4 Å². The molecule has 1 aromatic rings. The second-order valence-electron chi connectivity index (χ2n) is 4.49. The summed E-state index contributed by atoms with van der Waals surface area (Å²) in [6, 6.07) is 6.66. The van der Waals surface area contributed by atoms with Crippen molar-refractivity contribution >= 4 is 13.1 Å². The molecule has 1 atom stereocenters. The second kappa shape index (κ2) is 4.92. The Kier molecular flexibility index (Phi) is 3.54. The molecule has 2 nitrogen and oxygen atoms in total. The van der Waals surface area contributed by atoms with Crippen molar-refractivity contribution in [1.29, 1.82) is 0 Å². The average molecular weight is 216 g/mol. The van der Waals surface area contributed by atoms with Gasteiger partial charge in [0, 0.05) is 0 Å². The first-order valence-corrected chi connectivity index (χ1v) is 6.08. The lowest BCUT2D eigenvalue weighted by molar-refractivity contribution is 0.185. The molecule has 0 saturated carbocycles. The Morgan fingerprint density at radius 2 is 2.31 bits per heavy atom. The monoisotopic (exact) mass is 216 g/mol. The molecule has 0 aromatic heterocycles. The van der Waals surface area contributed by atoms with Crippen LogP contribution in [0.1, 0.15) is 37.3 Å². The van der Waals surface area contributed by atoms with Crippen molar-refractivity contribution in [2.75, 3.05) is 11.6 Å². The zero-order valence-electron chi connectivity index (χ0n) is 10.4. The molecule has 3 heteroatoms. The Balaban J connectivity index is 2.22. The molecule has 16 heavy (non-hydrogen) atoms. The molecule has 85 valence electrons. The van der Waals surface area contributed by atoms with E-state index in [2.05, 4.69) is 46.4 Å². The van der Waals surface area contributed by atoms with E-state index in [1.54, 1.807) is 0 Å². The van der Waals surface area contributed by atoms with Crippen LogP contribution in [0.25, 0.3) is 0 Å². The molecule has 1 aromatic carbocycles. The Labute approximate surface area is 98.8 Å².